The van der Waals surface area contributed by atoms with Crippen LogP contribution in [0.2, 0.25) is 0 Å². The highest BCUT2D eigenvalue weighted by Gasteiger charge is 2.18. The van der Waals surface area contributed by atoms with E-state index in [2.05, 4.69) is 51.0 Å². The predicted octanol–water partition coefficient (Wildman–Crippen LogP) is 3.84. The number of hydrogen-bond acceptors (Lipinski definition) is 6. The zero-order valence-corrected chi connectivity index (χ0v) is 18.7. The van der Waals surface area contributed by atoms with Gasteiger partial charge in [0, 0.05) is 25.2 Å². The summed E-state index contributed by atoms with van der Waals surface area (Å²) >= 11 is 1.41. The van der Waals surface area contributed by atoms with Gasteiger partial charge in [0.05, 0.1) is 30.3 Å². The second-order valence-electron chi connectivity index (χ2n) is 7.32. The van der Waals surface area contributed by atoms with Crippen molar-refractivity contribution in [2.24, 2.45) is 0 Å². The minimum Gasteiger partial charge on any atom is -0.378 e. The first-order chi connectivity index (χ1) is 15.2. The van der Waals surface area contributed by atoms with Crippen LogP contribution in [-0.4, -0.2) is 52.7 Å². The van der Waals surface area contributed by atoms with E-state index in [1.54, 1.807) is 0 Å². The molecule has 1 aliphatic heterocycles. The molecule has 1 aliphatic rings. The second kappa shape index (κ2) is 9.98. The average molecular weight is 438 g/mol. The van der Waals surface area contributed by atoms with E-state index >= 15 is 0 Å². The molecule has 31 heavy (non-hydrogen) atoms. The molecule has 0 spiro atoms. The normalized spacial score (nSPS) is 13.9. The zero-order chi connectivity index (χ0) is 21.6. The lowest BCUT2D eigenvalue weighted by molar-refractivity contribution is -0.113. The van der Waals surface area contributed by atoms with Gasteiger partial charge in [0.25, 0.3) is 0 Å². The van der Waals surface area contributed by atoms with Gasteiger partial charge in [-0.3, -0.25) is 4.79 Å². The molecule has 0 bridgehead atoms. The van der Waals surface area contributed by atoms with E-state index in [1.165, 1.54) is 11.8 Å². The van der Waals surface area contributed by atoms with Crippen LogP contribution in [-0.2, 0) is 16.1 Å². The molecule has 1 amide bonds. The van der Waals surface area contributed by atoms with Crippen LogP contribution in [0.5, 0.6) is 0 Å². The van der Waals surface area contributed by atoms with Gasteiger partial charge < -0.3 is 19.5 Å². The first-order valence-corrected chi connectivity index (χ1v) is 11.5. The molecule has 0 unspecified atom stereocenters. The van der Waals surface area contributed by atoms with Crippen LogP contribution in [0.1, 0.15) is 12.5 Å². The van der Waals surface area contributed by atoms with Crippen molar-refractivity contribution in [2.45, 2.75) is 25.5 Å². The van der Waals surface area contributed by atoms with Crippen LogP contribution in [0.25, 0.3) is 11.4 Å². The molecule has 1 N–H and O–H groups in total. The van der Waals surface area contributed by atoms with Crippen molar-refractivity contribution in [1.29, 1.82) is 0 Å². The highest BCUT2D eigenvalue weighted by atomic mass is 32.2. The van der Waals surface area contributed by atoms with E-state index < -0.39 is 0 Å². The van der Waals surface area contributed by atoms with Crippen molar-refractivity contribution in [3.63, 3.8) is 0 Å². The monoisotopic (exact) mass is 437 g/mol. The van der Waals surface area contributed by atoms with Gasteiger partial charge in [0.2, 0.25) is 5.91 Å². The number of thioether (sulfide) groups is 1. The first kappa shape index (κ1) is 21.4. The number of hydrogen-bond donors (Lipinski definition) is 1. The number of nitrogens with one attached hydrogen (secondary N) is 1. The third kappa shape index (κ3) is 4.91. The topological polar surface area (TPSA) is 72.3 Å². The van der Waals surface area contributed by atoms with Gasteiger partial charge in [0.15, 0.2) is 11.0 Å². The van der Waals surface area contributed by atoms with Gasteiger partial charge in [0.1, 0.15) is 0 Å². The predicted molar refractivity (Wildman–Crippen MR) is 125 cm³/mol. The van der Waals surface area contributed by atoms with Crippen LogP contribution < -0.4 is 10.2 Å². The van der Waals surface area contributed by atoms with Gasteiger partial charge in [-0.2, -0.15) is 0 Å². The molecular weight excluding hydrogens is 410 g/mol. The quantitative estimate of drug-likeness (QED) is 0.566. The Labute approximate surface area is 186 Å². The number of para-hydroxylation sites is 2. The molecule has 0 radical (unpaired) electrons. The Hall–Kier alpha value is -2.84. The first-order valence-electron chi connectivity index (χ1n) is 10.5. The fourth-order valence-corrected chi connectivity index (χ4v) is 4.48. The Morgan fingerprint density at radius 2 is 1.84 bits per heavy atom. The molecule has 3 aromatic rings. The zero-order valence-electron chi connectivity index (χ0n) is 17.9. The maximum absolute atomic E-state index is 12.7. The standard InChI is InChI=1S/C23H27N5O2S/c1-3-28-22(18-9-5-4-8-17(18)2)25-26-23(28)31-16-21(29)24-19-10-6-7-11-20(19)27-12-14-30-15-13-27/h4-11H,3,12-16H2,1-2H3,(H,24,29). The number of amides is 1. The van der Waals surface area contributed by atoms with E-state index in [0.717, 1.165) is 53.1 Å². The highest BCUT2D eigenvalue weighted by Crippen LogP contribution is 2.28. The lowest BCUT2D eigenvalue weighted by Gasteiger charge is -2.30. The largest absolute Gasteiger partial charge is 0.378 e. The number of morpholine rings is 1. The van der Waals surface area contributed by atoms with E-state index in [0.29, 0.717) is 13.2 Å². The molecule has 162 valence electrons. The van der Waals surface area contributed by atoms with E-state index in [-0.39, 0.29) is 11.7 Å². The van der Waals surface area contributed by atoms with Gasteiger partial charge in [-0.1, -0.05) is 48.2 Å². The molecular formula is C23H27N5O2S. The van der Waals surface area contributed by atoms with Crippen molar-refractivity contribution in [3.05, 3.63) is 54.1 Å². The SMILES string of the molecule is CCn1c(SCC(=O)Nc2ccccc2N2CCOCC2)nnc1-c1ccccc1C. The molecule has 2 aromatic carbocycles. The van der Waals surface area contributed by atoms with Crippen LogP contribution in [0, 0.1) is 6.92 Å². The van der Waals surface area contributed by atoms with Gasteiger partial charge in [-0.05, 0) is 31.5 Å². The molecule has 0 saturated carbocycles. The number of anilines is 2. The Morgan fingerprint density at radius 3 is 2.61 bits per heavy atom. The number of carbonyl (C=O) groups excluding carboxylic acids is 1. The summed E-state index contributed by atoms with van der Waals surface area (Å²) < 4.78 is 7.50. The van der Waals surface area contributed by atoms with Gasteiger partial charge >= 0.3 is 0 Å². The Morgan fingerprint density at radius 1 is 1.10 bits per heavy atom. The highest BCUT2D eigenvalue weighted by molar-refractivity contribution is 7.99. The van der Waals surface area contributed by atoms with Crippen molar-refractivity contribution in [1.82, 2.24) is 14.8 Å². The van der Waals surface area contributed by atoms with E-state index in [9.17, 15) is 4.79 Å². The molecule has 0 atom stereocenters. The molecule has 1 saturated heterocycles. The Balaban J connectivity index is 1.44. The van der Waals surface area contributed by atoms with Crippen molar-refractivity contribution < 1.29 is 9.53 Å². The number of aromatic nitrogens is 3. The summed E-state index contributed by atoms with van der Waals surface area (Å²) in [6, 6.07) is 16.0. The number of nitrogens with zero attached hydrogens (tertiary/aromatic N) is 4. The smallest absolute Gasteiger partial charge is 0.234 e. The Kier molecular flexibility index (Phi) is 6.89. The maximum atomic E-state index is 12.7. The number of benzene rings is 2. The summed E-state index contributed by atoms with van der Waals surface area (Å²) in [4.78, 5) is 15.0. The molecule has 8 heteroatoms. The summed E-state index contributed by atoms with van der Waals surface area (Å²) in [6.45, 7) is 7.92. The van der Waals surface area contributed by atoms with E-state index in [4.69, 9.17) is 4.74 Å². The third-order valence-corrected chi connectivity index (χ3v) is 6.25. The molecule has 1 aromatic heterocycles. The molecule has 0 aliphatic carbocycles. The second-order valence-corrected chi connectivity index (χ2v) is 8.26. The molecule has 2 heterocycles. The van der Waals surface area contributed by atoms with Crippen molar-refractivity contribution in [2.75, 3.05) is 42.3 Å². The van der Waals surface area contributed by atoms with Gasteiger partial charge in [-0.25, -0.2) is 0 Å². The number of aryl methyl sites for hydroxylation is 1. The van der Waals surface area contributed by atoms with Crippen molar-refractivity contribution in [3.8, 4) is 11.4 Å². The van der Waals surface area contributed by atoms with Crippen LogP contribution in [0.4, 0.5) is 11.4 Å². The third-order valence-electron chi connectivity index (χ3n) is 5.28. The molecule has 4 rings (SSSR count). The van der Waals surface area contributed by atoms with E-state index in [1.807, 2.05) is 36.4 Å². The Bertz CT molecular complexity index is 1050. The van der Waals surface area contributed by atoms with Crippen LogP contribution in [0.3, 0.4) is 0 Å². The maximum Gasteiger partial charge on any atom is 0.234 e. The van der Waals surface area contributed by atoms with Gasteiger partial charge in [-0.15, -0.1) is 10.2 Å². The summed E-state index contributed by atoms with van der Waals surface area (Å²) in [7, 11) is 0. The van der Waals surface area contributed by atoms with Crippen LogP contribution in [0.15, 0.2) is 53.7 Å². The summed E-state index contributed by atoms with van der Waals surface area (Å²) in [5, 5.41) is 12.6. The summed E-state index contributed by atoms with van der Waals surface area (Å²) in [5.74, 6) is 1.04. The fraction of sp³-hybridized carbons (Fsp3) is 0.348. The number of rotatable bonds is 7. The lowest BCUT2D eigenvalue weighted by atomic mass is 10.1. The number of ether oxygens (including phenoxy) is 1. The minimum absolute atomic E-state index is 0.0613. The summed E-state index contributed by atoms with van der Waals surface area (Å²) in [5.41, 5.74) is 4.07. The number of carbonyl (C=O) groups is 1. The summed E-state index contributed by atoms with van der Waals surface area (Å²) in [6.07, 6.45) is 0. The minimum atomic E-state index is -0.0613. The molecule has 1 fully saturated rings. The average Bonchev–Trinajstić information content (AvgIpc) is 3.21. The molecule has 7 nitrogen and oxygen atoms in total. The lowest BCUT2D eigenvalue weighted by Crippen LogP contribution is -2.36. The van der Waals surface area contributed by atoms with Crippen molar-refractivity contribution >= 4 is 29.0 Å². The van der Waals surface area contributed by atoms with Crippen LogP contribution >= 0.6 is 11.8 Å². The fourth-order valence-electron chi connectivity index (χ4n) is 3.68.